The fraction of sp³-hybridized carbons (Fsp3) is 0.0400. The number of anilines is 1. The van der Waals surface area contributed by atoms with Gasteiger partial charge in [-0.05, 0) is 48.9 Å². The van der Waals surface area contributed by atoms with E-state index in [1.54, 1.807) is 30.3 Å². The average Bonchev–Trinajstić information content (AvgIpc) is 3.17. The number of amides is 2. The van der Waals surface area contributed by atoms with Gasteiger partial charge in [-0.25, -0.2) is 0 Å². The number of aromatic amines is 1. The summed E-state index contributed by atoms with van der Waals surface area (Å²) in [7, 11) is 0. The summed E-state index contributed by atoms with van der Waals surface area (Å²) < 4.78 is 0. The summed E-state index contributed by atoms with van der Waals surface area (Å²) in [5, 5.41) is 6.60. The number of carbonyl (C=O) groups is 2. The number of aryl methyl sites for hydroxylation is 1. The fourth-order valence-corrected chi connectivity index (χ4v) is 3.23. The predicted molar refractivity (Wildman–Crippen MR) is 120 cm³/mol. The lowest BCUT2D eigenvalue weighted by Crippen LogP contribution is -2.30. The zero-order valence-electron chi connectivity index (χ0n) is 16.5. The molecular weight excluding hydrogens is 374 g/mol. The molecule has 4 rings (SSSR count). The van der Waals surface area contributed by atoms with Crippen molar-refractivity contribution in [3.8, 4) is 0 Å². The average molecular weight is 395 g/mol. The van der Waals surface area contributed by atoms with Gasteiger partial charge in [0.2, 0.25) is 0 Å². The highest BCUT2D eigenvalue weighted by atomic mass is 16.2. The number of hydrogen-bond donors (Lipinski definition) is 3. The van der Waals surface area contributed by atoms with Crippen LogP contribution in [-0.4, -0.2) is 16.8 Å². The molecule has 5 nitrogen and oxygen atoms in total. The van der Waals surface area contributed by atoms with Gasteiger partial charge in [0.15, 0.2) is 0 Å². The molecule has 0 bridgehead atoms. The minimum absolute atomic E-state index is 0.162. The molecule has 0 saturated heterocycles. The van der Waals surface area contributed by atoms with Crippen LogP contribution in [0.25, 0.3) is 17.0 Å². The van der Waals surface area contributed by atoms with Gasteiger partial charge in [-0.3, -0.25) is 9.59 Å². The molecule has 1 aromatic heterocycles. The number of aromatic nitrogens is 1. The lowest BCUT2D eigenvalue weighted by atomic mass is 10.1. The number of hydrogen-bond acceptors (Lipinski definition) is 2. The van der Waals surface area contributed by atoms with Crippen molar-refractivity contribution in [1.82, 2.24) is 10.3 Å². The molecule has 0 unspecified atom stereocenters. The third-order valence-electron chi connectivity index (χ3n) is 4.73. The molecule has 0 radical (unpaired) electrons. The standard InChI is InChI=1S/C25H21N3O2/c1-17-8-7-11-20(14-17)27-25(30)23(28-24(29)18-9-3-2-4-10-18)15-19-16-26-22-13-6-5-12-21(19)22/h2-16,26H,1H3,(H,27,30)(H,28,29)/b23-15-. The van der Waals surface area contributed by atoms with Crippen LogP contribution >= 0.6 is 0 Å². The van der Waals surface area contributed by atoms with E-state index in [1.807, 2.05) is 67.7 Å². The van der Waals surface area contributed by atoms with Crippen molar-refractivity contribution >= 4 is 34.5 Å². The van der Waals surface area contributed by atoms with Gasteiger partial charge in [-0.1, -0.05) is 48.5 Å². The van der Waals surface area contributed by atoms with Crippen LogP contribution in [0.15, 0.2) is 90.8 Å². The van der Waals surface area contributed by atoms with Crippen molar-refractivity contribution in [2.45, 2.75) is 6.92 Å². The Morgan fingerprint density at radius 2 is 1.67 bits per heavy atom. The van der Waals surface area contributed by atoms with Gasteiger partial charge in [0.1, 0.15) is 5.70 Å². The predicted octanol–water partition coefficient (Wildman–Crippen LogP) is 4.89. The number of benzene rings is 3. The Kier molecular flexibility index (Phi) is 5.44. The summed E-state index contributed by atoms with van der Waals surface area (Å²) in [6.07, 6.45) is 3.50. The molecule has 5 heteroatoms. The van der Waals surface area contributed by atoms with Crippen LogP contribution in [0.1, 0.15) is 21.5 Å². The normalized spacial score (nSPS) is 11.3. The van der Waals surface area contributed by atoms with Gasteiger partial charge in [-0.2, -0.15) is 0 Å². The quantitative estimate of drug-likeness (QED) is 0.421. The maximum atomic E-state index is 13.0. The van der Waals surface area contributed by atoms with Gasteiger partial charge >= 0.3 is 0 Å². The molecule has 0 aliphatic carbocycles. The molecule has 3 N–H and O–H groups in total. The van der Waals surface area contributed by atoms with E-state index >= 15 is 0 Å². The van der Waals surface area contributed by atoms with E-state index in [4.69, 9.17) is 0 Å². The van der Waals surface area contributed by atoms with Crippen LogP contribution in [0.3, 0.4) is 0 Å². The van der Waals surface area contributed by atoms with Crippen molar-refractivity contribution in [3.63, 3.8) is 0 Å². The highest BCUT2D eigenvalue weighted by Crippen LogP contribution is 2.21. The molecule has 0 atom stereocenters. The Hall–Kier alpha value is -4.12. The van der Waals surface area contributed by atoms with Crippen LogP contribution in [0, 0.1) is 6.92 Å². The molecule has 30 heavy (non-hydrogen) atoms. The van der Waals surface area contributed by atoms with Crippen LogP contribution in [0.5, 0.6) is 0 Å². The summed E-state index contributed by atoms with van der Waals surface area (Å²) in [5.74, 6) is -0.740. The zero-order valence-corrected chi connectivity index (χ0v) is 16.5. The van der Waals surface area contributed by atoms with Crippen molar-refractivity contribution in [2.75, 3.05) is 5.32 Å². The second kappa shape index (κ2) is 8.49. The molecule has 0 aliphatic rings. The first-order chi connectivity index (χ1) is 14.6. The maximum absolute atomic E-state index is 13.0. The monoisotopic (exact) mass is 395 g/mol. The summed E-state index contributed by atoms with van der Waals surface area (Å²) in [6, 6.07) is 24.1. The molecule has 0 saturated carbocycles. The maximum Gasteiger partial charge on any atom is 0.272 e. The van der Waals surface area contributed by atoms with E-state index in [9.17, 15) is 9.59 Å². The van der Waals surface area contributed by atoms with Gasteiger partial charge in [0.25, 0.3) is 11.8 Å². The topological polar surface area (TPSA) is 74.0 Å². The van der Waals surface area contributed by atoms with Gasteiger partial charge in [-0.15, -0.1) is 0 Å². The molecule has 4 aromatic rings. The van der Waals surface area contributed by atoms with Crippen molar-refractivity contribution < 1.29 is 9.59 Å². The van der Waals surface area contributed by atoms with E-state index in [0.29, 0.717) is 11.3 Å². The molecular formula is C25H21N3O2. The van der Waals surface area contributed by atoms with E-state index in [1.165, 1.54) is 0 Å². The van der Waals surface area contributed by atoms with Gasteiger partial charge in [0.05, 0.1) is 0 Å². The Morgan fingerprint density at radius 1 is 0.900 bits per heavy atom. The Morgan fingerprint density at radius 3 is 2.47 bits per heavy atom. The largest absolute Gasteiger partial charge is 0.361 e. The zero-order chi connectivity index (χ0) is 20.9. The minimum atomic E-state index is -0.393. The molecule has 1 heterocycles. The molecule has 0 spiro atoms. The third-order valence-corrected chi connectivity index (χ3v) is 4.73. The Balaban J connectivity index is 1.68. The van der Waals surface area contributed by atoms with Crippen molar-refractivity contribution in [3.05, 3.63) is 107 Å². The molecule has 0 aliphatic heterocycles. The number of fused-ring (bicyclic) bond motifs is 1. The summed E-state index contributed by atoms with van der Waals surface area (Å²) >= 11 is 0. The molecule has 2 amide bonds. The summed E-state index contributed by atoms with van der Waals surface area (Å²) in [4.78, 5) is 29.0. The van der Waals surface area contributed by atoms with Crippen LogP contribution in [-0.2, 0) is 4.79 Å². The van der Waals surface area contributed by atoms with E-state index in [2.05, 4.69) is 15.6 Å². The Labute approximate surface area is 174 Å². The lowest BCUT2D eigenvalue weighted by molar-refractivity contribution is -0.113. The van der Waals surface area contributed by atoms with Crippen LogP contribution in [0.4, 0.5) is 5.69 Å². The van der Waals surface area contributed by atoms with Crippen LogP contribution < -0.4 is 10.6 Å². The van der Waals surface area contributed by atoms with Crippen molar-refractivity contribution in [1.29, 1.82) is 0 Å². The number of nitrogens with one attached hydrogen (secondary N) is 3. The van der Waals surface area contributed by atoms with E-state index in [0.717, 1.165) is 22.0 Å². The third kappa shape index (κ3) is 4.31. The first-order valence-corrected chi connectivity index (χ1v) is 9.62. The highest BCUT2D eigenvalue weighted by molar-refractivity contribution is 6.11. The highest BCUT2D eigenvalue weighted by Gasteiger charge is 2.16. The van der Waals surface area contributed by atoms with Crippen LogP contribution in [0.2, 0.25) is 0 Å². The van der Waals surface area contributed by atoms with Gasteiger partial charge in [0, 0.05) is 33.9 Å². The number of para-hydroxylation sites is 1. The Bertz CT molecular complexity index is 1240. The molecule has 3 aromatic carbocycles. The first-order valence-electron chi connectivity index (χ1n) is 9.62. The SMILES string of the molecule is Cc1cccc(NC(=O)/C(=C/c2c[nH]c3ccccc23)NC(=O)c2ccccc2)c1. The second-order valence-corrected chi connectivity index (χ2v) is 6.99. The summed E-state index contributed by atoms with van der Waals surface area (Å²) in [5.41, 5.74) is 4.10. The van der Waals surface area contributed by atoms with E-state index < -0.39 is 5.91 Å². The minimum Gasteiger partial charge on any atom is -0.361 e. The molecule has 0 fully saturated rings. The first kappa shape index (κ1) is 19.2. The molecule has 148 valence electrons. The number of rotatable bonds is 5. The van der Waals surface area contributed by atoms with Gasteiger partial charge < -0.3 is 15.6 Å². The smallest absolute Gasteiger partial charge is 0.272 e. The number of H-pyrrole nitrogens is 1. The lowest BCUT2D eigenvalue weighted by Gasteiger charge is -2.11. The second-order valence-electron chi connectivity index (χ2n) is 6.99. The van der Waals surface area contributed by atoms with Crippen molar-refractivity contribution in [2.24, 2.45) is 0 Å². The van der Waals surface area contributed by atoms with E-state index in [-0.39, 0.29) is 11.6 Å². The summed E-state index contributed by atoms with van der Waals surface area (Å²) in [6.45, 7) is 1.95. The fourth-order valence-electron chi connectivity index (χ4n) is 3.23. The number of carbonyl (C=O) groups excluding carboxylic acids is 2.